The molecule has 0 bridgehead atoms. The Morgan fingerprint density at radius 1 is 1.00 bits per heavy atom. The molecule has 2 N–H and O–H groups in total. The summed E-state index contributed by atoms with van der Waals surface area (Å²) in [6.07, 6.45) is 16.1. The summed E-state index contributed by atoms with van der Waals surface area (Å²) < 4.78 is 0. The maximum Gasteiger partial charge on any atom is 0.255 e. The van der Waals surface area contributed by atoms with Gasteiger partial charge in [0.05, 0.1) is 11.1 Å². The van der Waals surface area contributed by atoms with Crippen LogP contribution in [0.4, 0.5) is 5.69 Å². The van der Waals surface area contributed by atoms with E-state index in [0.717, 1.165) is 0 Å². The zero-order chi connectivity index (χ0) is 16.1. The molecule has 3 heteroatoms. The Morgan fingerprint density at radius 2 is 1.64 bits per heavy atom. The first-order valence-electron chi connectivity index (χ1n) is 6.28. The standard InChI is InChI=1S/C19H11NO2/c1-4-13-12-14(5-2)17(18(21)16(13)6-3)20-19(22)15-10-8-7-9-11-15/h1-3,7-12,21H,(H,20,22). The van der Waals surface area contributed by atoms with Crippen molar-refractivity contribution in [2.24, 2.45) is 0 Å². The molecule has 0 radical (unpaired) electrons. The Labute approximate surface area is 129 Å². The number of carbonyl (C=O) groups excluding carboxylic acids is 1. The van der Waals surface area contributed by atoms with Crippen molar-refractivity contribution in [2.45, 2.75) is 0 Å². The van der Waals surface area contributed by atoms with E-state index in [1.165, 1.54) is 6.07 Å². The largest absolute Gasteiger partial charge is 0.504 e. The van der Waals surface area contributed by atoms with Gasteiger partial charge < -0.3 is 10.4 Å². The van der Waals surface area contributed by atoms with Crippen molar-refractivity contribution in [1.82, 2.24) is 0 Å². The SMILES string of the molecule is C#Cc1cc(C#C)c(NC(=O)c2ccccc2)c(O)c1C#C. The number of anilines is 1. The predicted molar refractivity (Wildman–Crippen MR) is 86.3 cm³/mol. The summed E-state index contributed by atoms with van der Waals surface area (Å²) in [6, 6.07) is 10.0. The van der Waals surface area contributed by atoms with E-state index >= 15 is 0 Å². The molecular formula is C19H11NO2. The highest BCUT2D eigenvalue weighted by molar-refractivity contribution is 6.06. The first kappa shape index (κ1) is 14.8. The molecule has 3 nitrogen and oxygen atoms in total. The van der Waals surface area contributed by atoms with Gasteiger partial charge in [0.15, 0.2) is 5.75 Å². The Hall–Kier alpha value is -3.61. The lowest BCUT2D eigenvalue weighted by Gasteiger charge is -2.13. The van der Waals surface area contributed by atoms with E-state index in [9.17, 15) is 9.90 Å². The fraction of sp³-hybridized carbons (Fsp3) is 0. The molecule has 0 unspecified atom stereocenters. The molecule has 0 fully saturated rings. The summed E-state index contributed by atoms with van der Waals surface area (Å²) in [5, 5.41) is 12.8. The van der Waals surface area contributed by atoms with Crippen molar-refractivity contribution in [3.63, 3.8) is 0 Å². The molecule has 0 aliphatic rings. The second-order valence-electron chi connectivity index (χ2n) is 4.32. The molecule has 2 aromatic rings. The summed E-state index contributed by atoms with van der Waals surface area (Å²) >= 11 is 0. The molecule has 104 valence electrons. The van der Waals surface area contributed by atoms with E-state index in [1.54, 1.807) is 30.3 Å². The highest BCUT2D eigenvalue weighted by Crippen LogP contribution is 2.33. The average molecular weight is 285 g/mol. The van der Waals surface area contributed by atoms with Gasteiger partial charge in [0.1, 0.15) is 5.69 Å². The van der Waals surface area contributed by atoms with Gasteiger partial charge >= 0.3 is 0 Å². The van der Waals surface area contributed by atoms with Crippen molar-refractivity contribution in [3.05, 3.63) is 58.7 Å². The van der Waals surface area contributed by atoms with Crippen LogP contribution in [0.3, 0.4) is 0 Å². The average Bonchev–Trinajstić information content (AvgIpc) is 2.56. The van der Waals surface area contributed by atoms with Gasteiger partial charge in [0.25, 0.3) is 5.91 Å². The Balaban J connectivity index is 2.53. The van der Waals surface area contributed by atoms with Crippen LogP contribution >= 0.6 is 0 Å². The van der Waals surface area contributed by atoms with Gasteiger partial charge in [-0.15, -0.1) is 19.3 Å². The summed E-state index contributed by atoms with van der Waals surface area (Å²) in [4.78, 5) is 12.2. The Morgan fingerprint density at radius 3 is 2.18 bits per heavy atom. The molecule has 0 saturated carbocycles. The molecule has 0 spiro atoms. The van der Waals surface area contributed by atoms with Crippen LogP contribution in [0, 0.1) is 37.0 Å². The number of benzene rings is 2. The number of phenolic OH excluding ortho intramolecular Hbond substituents is 1. The van der Waals surface area contributed by atoms with Crippen molar-refractivity contribution in [3.8, 4) is 42.8 Å². The molecule has 1 amide bonds. The Bertz CT molecular complexity index is 860. The quantitative estimate of drug-likeness (QED) is 0.658. The van der Waals surface area contributed by atoms with E-state index in [2.05, 4.69) is 23.1 Å². The van der Waals surface area contributed by atoms with Crippen molar-refractivity contribution >= 4 is 11.6 Å². The van der Waals surface area contributed by atoms with Gasteiger partial charge in [-0.2, -0.15) is 0 Å². The second kappa shape index (κ2) is 6.23. The van der Waals surface area contributed by atoms with E-state index in [0.29, 0.717) is 11.1 Å². The minimum atomic E-state index is -0.413. The molecule has 2 aromatic carbocycles. The zero-order valence-corrected chi connectivity index (χ0v) is 11.6. The zero-order valence-electron chi connectivity index (χ0n) is 11.6. The molecule has 0 aliphatic carbocycles. The fourth-order valence-corrected chi connectivity index (χ4v) is 1.94. The summed E-state index contributed by atoms with van der Waals surface area (Å²) in [5.74, 6) is 6.33. The van der Waals surface area contributed by atoms with Crippen LogP contribution in [0.5, 0.6) is 5.75 Å². The molecule has 0 heterocycles. The fourth-order valence-electron chi connectivity index (χ4n) is 1.94. The third kappa shape index (κ3) is 2.63. The number of aromatic hydroxyl groups is 1. The van der Waals surface area contributed by atoms with Gasteiger partial charge in [-0.05, 0) is 18.2 Å². The number of rotatable bonds is 2. The second-order valence-corrected chi connectivity index (χ2v) is 4.32. The molecule has 2 rings (SSSR count). The topological polar surface area (TPSA) is 49.3 Å². The van der Waals surface area contributed by atoms with E-state index < -0.39 is 5.91 Å². The maximum atomic E-state index is 12.2. The molecular weight excluding hydrogens is 274 g/mol. The van der Waals surface area contributed by atoms with Crippen LogP contribution in [0.2, 0.25) is 0 Å². The first-order valence-corrected chi connectivity index (χ1v) is 6.28. The van der Waals surface area contributed by atoms with Gasteiger partial charge in [0.2, 0.25) is 0 Å². The van der Waals surface area contributed by atoms with E-state index in [1.807, 2.05) is 0 Å². The third-order valence-electron chi connectivity index (χ3n) is 3.03. The van der Waals surface area contributed by atoms with E-state index in [4.69, 9.17) is 19.3 Å². The molecule has 22 heavy (non-hydrogen) atoms. The van der Waals surface area contributed by atoms with Gasteiger partial charge in [-0.1, -0.05) is 36.0 Å². The smallest absolute Gasteiger partial charge is 0.255 e. The highest BCUT2D eigenvalue weighted by Gasteiger charge is 2.17. The number of hydrogen-bond acceptors (Lipinski definition) is 2. The Kier molecular flexibility index (Phi) is 4.19. The summed E-state index contributed by atoms with van der Waals surface area (Å²) in [5.41, 5.74) is 1.17. The van der Waals surface area contributed by atoms with Gasteiger partial charge in [0, 0.05) is 11.1 Å². The van der Waals surface area contributed by atoms with Gasteiger partial charge in [-0.25, -0.2) is 0 Å². The number of carbonyl (C=O) groups is 1. The van der Waals surface area contributed by atoms with Crippen LogP contribution in [0.25, 0.3) is 0 Å². The van der Waals surface area contributed by atoms with Crippen molar-refractivity contribution in [2.75, 3.05) is 5.32 Å². The molecule has 0 aromatic heterocycles. The number of phenols is 1. The van der Waals surface area contributed by atoms with Crippen molar-refractivity contribution < 1.29 is 9.90 Å². The minimum Gasteiger partial charge on any atom is -0.504 e. The minimum absolute atomic E-state index is 0.0725. The maximum absolute atomic E-state index is 12.2. The number of terminal acetylenes is 3. The lowest BCUT2D eigenvalue weighted by atomic mass is 10.0. The number of amides is 1. The van der Waals surface area contributed by atoms with Crippen LogP contribution in [-0.4, -0.2) is 11.0 Å². The summed E-state index contributed by atoms with van der Waals surface area (Å²) in [7, 11) is 0. The van der Waals surface area contributed by atoms with Crippen LogP contribution < -0.4 is 5.32 Å². The van der Waals surface area contributed by atoms with Crippen LogP contribution in [0.1, 0.15) is 27.0 Å². The lowest BCUT2D eigenvalue weighted by Crippen LogP contribution is -2.13. The molecule has 0 saturated heterocycles. The van der Waals surface area contributed by atoms with Crippen LogP contribution in [0.15, 0.2) is 36.4 Å². The highest BCUT2D eigenvalue weighted by atomic mass is 16.3. The molecule has 0 aliphatic heterocycles. The normalized spacial score (nSPS) is 9.14. The monoisotopic (exact) mass is 285 g/mol. The third-order valence-corrected chi connectivity index (χ3v) is 3.03. The van der Waals surface area contributed by atoms with E-state index in [-0.39, 0.29) is 22.6 Å². The molecule has 0 atom stereocenters. The predicted octanol–water partition coefficient (Wildman–Crippen LogP) is 2.59. The number of nitrogens with one attached hydrogen (secondary N) is 1. The lowest BCUT2D eigenvalue weighted by molar-refractivity contribution is 0.102. The first-order chi connectivity index (χ1) is 10.6. The van der Waals surface area contributed by atoms with Gasteiger partial charge in [-0.3, -0.25) is 4.79 Å². The van der Waals surface area contributed by atoms with Crippen molar-refractivity contribution in [1.29, 1.82) is 0 Å². The van der Waals surface area contributed by atoms with Crippen LogP contribution in [-0.2, 0) is 0 Å². The number of hydrogen-bond donors (Lipinski definition) is 2. The summed E-state index contributed by atoms with van der Waals surface area (Å²) in [6.45, 7) is 0.